The van der Waals surface area contributed by atoms with E-state index in [9.17, 15) is 0 Å². The molecule has 1 aliphatic rings. The SMILES string of the molecule is CN1c2ccc(Br)c[c]2[Sn]([CH3])([CH3])[c]2cc(Br)ccc21. The van der Waals surface area contributed by atoms with Crippen molar-refractivity contribution < 1.29 is 0 Å². The predicted octanol–water partition coefficient (Wildman–Crippen LogP) is 4.12. The number of anilines is 2. The number of benzene rings is 2. The average Bonchev–Trinajstić information content (AvgIpc) is 2.36. The topological polar surface area (TPSA) is 3.24 Å². The van der Waals surface area contributed by atoms with Gasteiger partial charge in [-0.2, -0.15) is 0 Å². The molecule has 0 atom stereocenters. The fourth-order valence-electron chi connectivity index (χ4n) is 2.88. The Kier molecular flexibility index (Phi) is 3.51. The molecular weight excluding hydrogens is 473 g/mol. The second kappa shape index (κ2) is 4.78. The molecule has 98 valence electrons. The van der Waals surface area contributed by atoms with E-state index in [4.69, 9.17) is 0 Å². The molecule has 2 aromatic carbocycles. The summed E-state index contributed by atoms with van der Waals surface area (Å²) < 4.78 is 5.50. The van der Waals surface area contributed by atoms with E-state index in [-0.39, 0.29) is 0 Å². The summed E-state index contributed by atoms with van der Waals surface area (Å²) in [6.07, 6.45) is 0. The third-order valence-electron chi connectivity index (χ3n) is 3.99. The zero-order valence-corrected chi connectivity index (χ0v) is 17.2. The molecule has 0 spiro atoms. The number of halogens is 2. The molecule has 1 nitrogen and oxygen atoms in total. The number of hydrogen-bond acceptors (Lipinski definition) is 1. The van der Waals surface area contributed by atoms with Gasteiger partial charge in [-0.15, -0.1) is 0 Å². The Labute approximate surface area is 135 Å². The summed E-state index contributed by atoms with van der Waals surface area (Å²) in [6.45, 7) is 0. The van der Waals surface area contributed by atoms with Crippen LogP contribution in [0.15, 0.2) is 45.3 Å². The van der Waals surface area contributed by atoms with E-state index in [0.717, 1.165) is 0 Å². The predicted molar refractivity (Wildman–Crippen MR) is 93.1 cm³/mol. The Morgan fingerprint density at radius 1 is 0.842 bits per heavy atom. The second-order valence-electron chi connectivity index (χ2n) is 5.51. The minimum absolute atomic E-state index is 1.18. The van der Waals surface area contributed by atoms with Crippen molar-refractivity contribution in [1.82, 2.24) is 0 Å². The van der Waals surface area contributed by atoms with Gasteiger partial charge in [-0.05, 0) is 0 Å². The molecule has 0 aliphatic carbocycles. The standard InChI is InChI=1S/C13H9Br2N.2CH3.Sn/c1-16(12-6-2-10(14)3-7-12)13-8-4-11(15)5-9-13;;;/h2-6,8H,1H3;2*1H3;. The van der Waals surface area contributed by atoms with E-state index in [1.165, 1.54) is 20.3 Å². The molecule has 3 rings (SSSR count). The van der Waals surface area contributed by atoms with Crippen LogP contribution in [-0.2, 0) is 0 Å². The first kappa shape index (κ1) is 14.0. The van der Waals surface area contributed by atoms with Gasteiger partial charge in [-0.3, -0.25) is 0 Å². The monoisotopic (exact) mass is 487 g/mol. The fourth-order valence-corrected chi connectivity index (χ4v) is 13.7. The van der Waals surface area contributed by atoms with Gasteiger partial charge in [0.25, 0.3) is 0 Å². The zero-order chi connectivity index (χ0) is 13.8. The maximum absolute atomic E-state index is 3.62. The van der Waals surface area contributed by atoms with Gasteiger partial charge < -0.3 is 0 Å². The van der Waals surface area contributed by atoms with Crippen molar-refractivity contribution in [3.8, 4) is 0 Å². The molecule has 2 aromatic rings. The van der Waals surface area contributed by atoms with E-state index in [1.54, 1.807) is 7.16 Å². The number of nitrogens with zero attached hydrogens (tertiary/aromatic N) is 1. The van der Waals surface area contributed by atoms with Gasteiger partial charge in [-0.1, -0.05) is 0 Å². The first-order chi connectivity index (χ1) is 8.91. The molecule has 19 heavy (non-hydrogen) atoms. The van der Waals surface area contributed by atoms with Gasteiger partial charge in [-0.25, -0.2) is 0 Å². The summed E-state index contributed by atoms with van der Waals surface area (Å²) >= 11 is 4.77. The normalized spacial score (nSPS) is 15.9. The van der Waals surface area contributed by atoms with Crippen LogP contribution >= 0.6 is 31.9 Å². The molecule has 0 saturated heterocycles. The number of rotatable bonds is 0. The van der Waals surface area contributed by atoms with E-state index in [1.807, 2.05) is 0 Å². The Balaban J connectivity index is 2.33. The van der Waals surface area contributed by atoms with E-state index >= 15 is 0 Å². The number of fused-ring (bicyclic) bond motifs is 2. The summed E-state index contributed by atoms with van der Waals surface area (Å²) in [4.78, 5) is 7.32. The molecule has 0 N–H and O–H groups in total. The summed E-state index contributed by atoms with van der Waals surface area (Å²) in [5, 5.41) is 0. The second-order valence-corrected chi connectivity index (χ2v) is 19.7. The quantitative estimate of drug-likeness (QED) is 0.506. The maximum atomic E-state index is 3.62. The third kappa shape index (κ3) is 2.18. The summed E-state index contributed by atoms with van der Waals surface area (Å²) in [6, 6.07) is 13.4. The zero-order valence-electron chi connectivity index (χ0n) is 11.2. The van der Waals surface area contributed by atoms with Crippen molar-refractivity contribution in [2.24, 2.45) is 0 Å². The number of hydrogen-bond donors (Lipinski definition) is 0. The van der Waals surface area contributed by atoms with Crippen molar-refractivity contribution in [1.29, 1.82) is 0 Å². The van der Waals surface area contributed by atoms with Gasteiger partial charge in [0.2, 0.25) is 0 Å². The molecule has 0 amide bonds. The first-order valence-electron chi connectivity index (χ1n) is 6.25. The molecule has 1 aliphatic heterocycles. The van der Waals surface area contributed by atoms with Crippen LogP contribution < -0.4 is 12.1 Å². The van der Waals surface area contributed by atoms with Crippen LogP contribution in [0.2, 0.25) is 9.88 Å². The van der Waals surface area contributed by atoms with Crippen LogP contribution in [0.25, 0.3) is 0 Å². The Hall–Kier alpha value is -0.00130. The van der Waals surface area contributed by atoms with Gasteiger partial charge in [0.05, 0.1) is 0 Å². The summed E-state index contributed by atoms with van der Waals surface area (Å²) in [5.74, 6) is 0. The van der Waals surface area contributed by atoms with Gasteiger partial charge >= 0.3 is 136 Å². The van der Waals surface area contributed by atoms with Crippen LogP contribution in [0.5, 0.6) is 0 Å². The van der Waals surface area contributed by atoms with E-state index in [0.29, 0.717) is 0 Å². The Morgan fingerprint density at radius 2 is 1.26 bits per heavy atom. The Morgan fingerprint density at radius 3 is 1.68 bits per heavy atom. The van der Waals surface area contributed by atoms with E-state index < -0.39 is 18.4 Å². The van der Waals surface area contributed by atoms with Gasteiger partial charge in [0.1, 0.15) is 0 Å². The van der Waals surface area contributed by atoms with Crippen LogP contribution in [-0.4, -0.2) is 25.4 Å². The molecule has 0 fully saturated rings. The van der Waals surface area contributed by atoms with Crippen LogP contribution in [0.3, 0.4) is 0 Å². The summed E-state index contributed by atoms with van der Waals surface area (Å²) in [5.41, 5.74) is 2.75. The van der Waals surface area contributed by atoms with Crippen molar-refractivity contribution in [2.45, 2.75) is 9.88 Å². The molecular formula is C15H15Br2NSn. The molecule has 0 unspecified atom stereocenters. The Bertz CT molecular complexity index is 612. The third-order valence-corrected chi connectivity index (χ3v) is 14.9. The van der Waals surface area contributed by atoms with Gasteiger partial charge in [0, 0.05) is 0 Å². The van der Waals surface area contributed by atoms with Crippen LogP contribution in [0.4, 0.5) is 11.4 Å². The summed E-state index contributed by atoms with van der Waals surface area (Å²) in [7, 11) is 2.17. The minimum atomic E-state index is -2.48. The van der Waals surface area contributed by atoms with Crippen LogP contribution in [0, 0.1) is 0 Å². The average molecular weight is 488 g/mol. The van der Waals surface area contributed by atoms with Gasteiger partial charge in [0.15, 0.2) is 0 Å². The molecule has 4 heteroatoms. The van der Waals surface area contributed by atoms with Crippen molar-refractivity contribution in [2.75, 3.05) is 11.9 Å². The molecule has 0 aromatic heterocycles. The molecule has 0 saturated carbocycles. The molecule has 0 bridgehead atoms. The fraction of sp³-hybridized carbons (Fsp3) is 0.200. The van der Waals surface area contributed by atoms with Crippen molar-refractivity contribution in [3.63, 3.8) is 0 Å². The first-order valence-corrected chi connectivity index (χ1v) is 16.4. The van der Waals surface area contributed by atoms with E-state index in [2.05, 4.69) is 90.1 Å². The molecule has 0 radical (unpaired) electrons. The van der Waals surface area contributed by atoms with Crippen molar-refractivity contribution >= 4 is 68.8 Å². The molecule has 1 heterocycles. The van der Waals surface area contributed by atoms with Crippen LogP contribution in [0.1, 0.15) is 0 Å². The van der Waals surface area contributed by atoms with Crippen molar-refractivity contribution in [3.05, 3.63) is 45.3 Å².